The summed E-state index contributed by atoms with van der Waals surface area (Å²) in [6, 6.07) is 13.0. The van der Waals surface area contributed by atoms with Crippen LogP contribution < -0.4 is 0 Å². The number of carbonyl (C=O) groups excluding carboxylic acids is 1. The molecule has 122 valence electrons. The Balaban J connectivity index is 1.57. The molecule has 0 bridgehead atoms. The largest absolute Gasteiger partial charge is 0.342 e. The zero-order valence-electron chi connectivity index (χ0n) is 14.0. The van der Waals surface area contributed by atoms with Crippen molar-refractivity contribution in [3.63, 3.8) is 0 Å². The second-order valence-corrected chi connectivity index (χ2v) is 8.10. The third kappa shape index (κ3) is 4.44. The summed E-state index contributed by atoms with van der Waals surface area (Å²) in [7, 11) is 0. The van der Waals surface area contributed by atoms with Crippen LogP contribution in [0.1, 0.15) is 33.7 Å². The third-order valence-corrected chi connectivity index (χ3v) is 5.64. The minimum absolute atomic E-state index is 0.292. The van der Waals surface area contributed by atoms with E-state index in [0.29, 0.717) is 18.2 Å². The number of aryl methyl sites for hydroxylation is 2. The highest BCUT2D eigenvalue weighted by Gasteiger charge is 2.24. The van der Waals surface area contributed by atoms with Crippen molar-refractivity contribution in [2.24, 2.45) is 5.92 Å². The van der Waals surface area contributed by atoms with Crippen molar-refractivity contribution in [1.29, 1.82) is 0 Å². The normalized spacial score (nSPS) is 18.2. The fourth-order valence-corrected chi connectivity index (χ4v) is 4.24. The zero-order chi connectivity index (χ0) is 16.2. The molecule has 0 unspecified atom stereocenters. The van der Waals surface area contributed by atoms with Crippen molar-refractivity contribution in [3.8, 4) is 0 Å². The summed E-state index contributed by atoms with van der Waals surface area (Å²) in [5.74, 6) is 0.890. The van der Waals surface area contributed by atoms with Gasteiger partial charge in [-0.15, -0.1) is 11.3 Å². The number of hydrogen-bond acceptors (Lipinski definition) is 2. The Kier molecular flexibility index (Phi) is 5.16. The smallest absolute Gasteiger partial charge is 0.227 e. The maximum atomic E-state index is 12.6. The van der Waals surface area contributed by atoms with Crippen LogP contribution in [-0.2, 0) is 17.6 Å². The van der Waals surface area contributed by atoms with Crippen LogP contribution in [0.25, 0.3) is 0 Å². The topological polar surface area (TPSA) is 20.3 Å². The van der Waals surface area contributed by atoms with Gasteiger partial charge < -0.3 is 4.90 Å². The molecule has 1 saturated heterocycles. The molecule has 1 atom stereocenters. The number of rotatable bonds is 4. The van der Waals surface area contributed by atoms with Gasteiger partial charge in [-0.25, -0.2) is 0 Å². The fourth-order valence-electron chi connectivity index (χ4n) is 3.36. The van der Waals surface area contributed by atoms with Gasteiger partial charge in [-0.1, -0.05) is 29.8 Å². The summed E-state index contributed by atoms with van der Waals surface area (Å²) in [6.45, 7) is 6.05. The van der Waals surface area contributed by atoms with Gasteiger partial charge in [0.2, 0.25) is 5.91 Å². The standard InChI is InChI=1S/C20H25NOS/c1-15-5-8-17(9-6-15)12-18-4-3-11-21(14-18)20(22)13-19-10-7-16(2)23-19/h5-10,18H,3-4,11-14H2,1-2H3/t18-/m0/s1. The molecule has 3 rings (SSSR count). The first-order valence-corrected chi connectivity index (χ1v) is 9.30. The quantitative estimate of drug-likeness (QED) is 0.815. The molecule has 2 aromatic rings. The van der Waals surface area contributed by atoms with Gasteiger partial charge in [0.15, 0.2) is 0 Å². The Morgan fingerprint density at radius 1 is 1.17 bits per heavy atom. The number of nitrogens with zero attached hydrogens (tertiary/aromatic N) is 1. The van der Waals surface area contributed by atoms with E-state index in [1.54, 1.807) is 11.3 Å². The van der Waals surface area contributed by atoms with Gasteiger partial charge in [0.1, 0.15) is 0 Å². The van der Waals surface area contributed by atoms with Gasteiger partial charge >= 0.3 is 0 Å². The lowest BCUT2D eigenvalue weighted by Gasteiger charge is -2.33. The summed E-state index contributed by atoms with van der Waals surface area (Å²) < 4.78 is 0. The predicted molar refractivity (Wildman–Crippen MR) is 96.9 cm³/mol. The van der Waals surface area contributed by atoms with Gasteiger partial charge in [-0.2, -0.15) is 0 Å². The molecule has 0 saturated carbocycles. The summed E-state index contributed by atoms with van der Waals surface area (Å²) in [5, 5.41) is 0. The molecule has 0 aliphatic carbocycles. The van der Waals surface area contributed by atoms with E-state index in [1.165, 1.54) is 27.3 Å². The Bertz CT molecular complexity index is 659. The van der Waals surface area contributed by atoms with E-state index < -0.39 is 0 Å². The molecule has 1 aliphatic heterocycles. The van der Waals surface area contributed by atoms with Crippen molar-refractivity contribution in [1.82, 2.24) is 4.90 Å². The van der Waals surface area contributed by atoms with Crippen molar-refractivity contribution in [3.05, 3.63) is 57.3 Å². The summed E-state index contributed by atoms with van der Waals surface area (Å²) in [4.78, 5) is 17.1. The van der Waals surface area contributed by atoms with E-state index in [2.05, 4.69) is 55.1 Å². The molecule has 0 spiro atoms. The minimum Gasteiger partial charge on any atom is -0.342 e. The number of benzene rings is 1. The second kappa shape index (κ2) is 7.31. The average Bonchev–Trinajstić information content (AvgIpc) is 2.95. The van der Waals surface area contributed by atoms with E-state index in [1.807, 2.05) is 0 Å². The van der Waals surface area contributed by atoms with E-state index >= 15 is 0 Å². The first kappa shape index (κ1) is 16.3. The molecule has 23 heavy (non-hydrogen) atoms. The fraction of sp³-hybridized carbons (Fsp3) is 0.450. The maximum Gasteiger partial charge on any atom is 0.227 e. The molecule has 1 fully saturated rings. The first-order chi connectivity index (χ1) is 11.1. The third-order valence-electron chi connectivity index (χ3n) is 4.64. The lowest BCUT2D eigenvalue weighted by atomic mass is 9.91. The lowest BCUT2D eigenvalue weighted by molar-refractivity contribution is -0.132. The van der Waals surface area contributed by atoms with Crippen LogP contribution in [0.4, 0.5) is 0 Å². The molecular formula is C20H25NOS. The number of piperidine rings is 1. The van der Waals surface area contributed by atoms with Crippen molar-refractivity contribution >= 4 is 17.2 Å². The SMILES string of the molecule is Cc1ccc(C[C@@H]2CCCN(C(=O)Cc3ccc(C)s3)C2)cc1. The minimum atomic E-state index is 0.292. The Hall–Kier alpha value is -1.61. The molecule has 3 heteroatoms. The van der Waals surface area contributed by atoms with Crippen LogP contribution >= 0.6 is 11.3 Å². The Morgan fingerprint density at radius 3 is 2.65 bits per heavy atom. The summed E-state index contributed by atoms with van der Waals surface area (Å²) in [6.07, 6.45) is 4.01. The monoisotopic (exact) mass is 327 g/mol. The van der Waals surface area contributed by atoms with E-state index in [4.69, 9.17) is 0 Å². The molecular weight excluding hydrogens is 302 g/mol. The molecule has 1 aromatic carbocycles. The highest BCUT2D eigenvalue weighted by Crippen LogP contribution is 2.23. The van der Waals surface area contributed by atoms with Gasteiger partial charge in [-0.05, 0) is 56.7 Å². The van der Waals surface area contributed by atoms with E-state index in [-0.39, 0.29) is 0 Å². The number of amides is 1. The van der Waals surface area contributed by atoms with Crippen molar-refractivity contribution in [2.75, 3.05) is 13.1 Å². The highest BCUT2D eigenvalue weighted by molar-refractivity contribution is 7.12. The van der Waals surface area contributed by atoms with Crippen LogP contribution in [0.5, 0.6) is 0 Å². The van der Waals surface area contributed by atoms with Crippen LogP contribution in [0.3, 0.4) is 0 Å². The number of carbonyl (C=O) groups is 1. The average molecular weight is 327 g/mol. The number of hydrogen-bond donors (Lipinski definition) is 0. The van der Waals surface area contributed by atoms with E-state index in [0.717, 1.165) is 25.9 Å². The molecule has 1 amide bonds. The van der Waals surface area contributed by atoms with Crippen LogP contribution in [0.15, 0.2) is 36.4 Å². The first-order valence-electron chi connectivity index (χ1n) is 8.49. The molecule has 2 nitrogen and oxygen atoms in total. The molecule has 0 N–H and O–H groups in total. The molecule has 1 aromatic heterocycles. The molecule has 0 radical (unpaired) electrons. The molecule has 1 aliphatic rings. The lowest BCUT2D eigenvalue weighted by Crippen LogP contribution is -2.41. The zero-order valence-corrected chi connectivity index (χ0v) is 14.9. The Morgan fingerprint density at radius 2 is 1.96 bits per heavy atom. The van der Waals surface area contributed by atoms with E-state index in [9.17, 15) is 4.79 Å². The summed E-state index contributed by atoms with van der Waals surface area (Å²) >= 11 is 1.74. The predicted octanol–water partition coefficient (Wildman–Crippen LogP) is 4.39. The highest BCUT2D eigenvalue weighted by atomic mass is 32.1. The number of thiophene rings is 1. The summed E-state index contributed by atoms with van der Waals surface area (Å²) in [5.41, 5.74) is 2.70. The van der Waals surface area contributed by atoms with Gasteiger partial charge in [-0.3, -0.25) is 4.79 Å². The number of likely N-dealkylation sites (tertiary alicyclic amines) is 1. The maximum absolute atomic E-state index is 12.6. The van der Waals surface area contributed by atoms with Crippen molar-refractivity contribution in [2.45, 2.75) is 39.5 Å². The Labute approximate surface area is 143 Å². The van der Waals surface area contributed by atoms with Crippen molar-refractivity contribution < 1.29 is 4.79 Å². The molecule has 2 heterocycles. The van der Waals surface area contributed by atoms with Gasteiger partial charge in [0.05, 0.1) is 6.42 Å². The van der Waals surface area contributed by atoms with Crippen LogP contribution in [0.2, 0.25) is 0 Å². The van der Waals surface area contributed by atoms with Gasteiger partial charge in [0.25, 0.3) is 0 Å². The van der Waals surface area contributed by atoms with Gasteiger partial charge in [0, 0.05) is 22.8 Å². The second-order valence-electron chi connectivity index (χ2n) is 6.73. The van der Waals surface area contributed by atoms with Crippen LogP contribution in [-0.4, -0.2) is 23.9 Å². The van der Waals surface area contributed by atoms with Crippen LogP contribution in [0, 0.1) is 19.8 Å².